The van der Waals surface area contributed by atoms with Crippen molar-refractivity contribution >= 4 is 5.69 Å². The maximum atomic E-state index is 3.56. The Morgan fingerprint density at radius 2 is 2.25 bits per heavy atom. The van der Waals surface area contributed by atoms with Crippen LogP contribution in [0.25, 0.3) is 0 Å². The van der Waals surface area contributed by atoms with Gasteiger partial charge in [0.25, 0.3) is 0 Å². The quantitative estimate of drug-likeness (QED) is 0.708. The van der Waals surface area contributed by atoms with E-state index >= 15 is 0 Å². The number of nitrogens with one attached hydrogen (secondary N) is 1. The van der Waals surface area contributed by atoms with Crippen LogP contribution in [0.4, 0.5) is 5.69 Å². The molecule has 0 spiro atoms. The van der Waals surface area contributed by atoms with Crippen molar-refractivity contribution in [3.8, 4) is 0 Å². The van der Waals surface area contributed by atoms with Gasteiger partial charge in [-0.3, -0.25) is 0 Å². The summed E-state index contributed by atoms with van der Waals surface area (Å²) in [5.74, 6) is 1.63. The molecule has 0 saturated carbocycles. The molecule has 1 fully saturated rings. The maximum absolute atomic E-state index is 3.56. The average Bonchev–Trinajstić information content (AvgIpc) is 2.78. The molecule has 0 aliphatic carbocycles. The molecule has 2 atom stereocenters. The van der Waals surface area contributed by atoms with Crippen LogP contribution in [-0.2, 0) is 6.42 Å². The standard InChI is InChI=1S/C14H18N2/c1-3-10-4-2-6-16-9-11-7-15-8-13(11)12(5-1)14(10)16/h1,3,5,11,13,15H,2,4,6-9H2/t11-,13-/m1/s1. The van der Waals surface area contributed by atoms with Gasteiger partial charge < -0.3 is 10.2 Å². The largest absolute Gasteiger partial charge is 0.371 e. The molecule has 3 aliphatic rings. The molecule has 1 aromatic carbocycles. The predicted octanol–water partition coefficient (Wildman–Crippen LogP) is 1.76. The van der Waals surface area contributed by atoms with Crippen LogP contribution in [0.1, 0.15) is 23.5 Å². The second kappa shape index (κ2) is 3.24. The highest BCUT2D eigenvalue weighted by atomic mass is 15.2. The molecule has 4 rings (SSSR count). The highest BCUT2D eigenvalue weighted by molar-refractivity contribution is 5.64. The first kappa shape index (κ1) is 9.06. The van der Waals surface area contributed by atoms with Crippen molar-refractivity contribution in [3.63, 3.8) is 0 Å². The topological polar surface area (TPSA) is 15.3 Å². The number of nitrogens with zero attached hydrogens (tertiary/aromatic N) is 1. The Hall–Kier alpha value is -1.02. The molecule has 1 aromatic rings. The van der Waals surface area contributed by atoms with E-state index in [9.17, 15) is 0 Å². The van der Waals surface area contributed by atoms with Gasteiger partial charge in [-0.15, -0.1) is 0 Å². The summed E-state index contributed by atoms with van der Waals surface area (Å²) in [6.07, 6.45) is 2.62. The van der Waals surface area contributed by atoms with Gasteiger partial charge in [0.1, 0.15) is 0 Å². The lowest BCUT2D eigenvalue weighted by Crippen LogP contribution is -2.40. The first-order valence-corrected chi connectivity index (χ1v) is 6.51. The van der Waals surface area contributed by atoms with Crippen molar-refractivity contribution in [1.29, 1.82) is 0 Å². The predicted molar refractivity (Wildman–Crippen MR) is 66.1 cm³/mol. The maximum Gasteiger partial charge on any atom is 0.0434 e. The molecule has 3 aliphatic heterocycles. The smallest absolute Gasteiger partial charge is 0.0434 e. The minimum Gasteiger partial charge on any atom is -0.371 e. The summed E-state index contributed by atoms with van der Waals surface area (Å²) < 4.78 is 0. The zero-order valence-electron chi connectivity index (χ0n) is 9.58. The lowest BCUT2D eigenvalue weighted by molar-refractivity contribution is 0.470. The number of benzene rings is 1. The van der Waals surface area contributed by atoms with E-state index < -0.39 is 0 Å². The van der Waals surface area contributed by atoms with E-state index in [-0.39, 0.29) is 0 Å². The van der Waals surface area contributed by atoms with Crippen LogP contribution in [-0.4, -0.2) is 26.2 Å². The number of hydrogen-bond acceptors (Lipinski definition) is 2. The van der Waals surface area contributed by atoms with Gasteiger partial charge in [0.05, 0.1) is 0 Å². The summed E-state index contributed by atoms with van der Waals surface area (Å²) in [5.41, 5.74) is 4.81. The fourth-order valence-corrected chi connectivity index (χ4v) is 3.82. The highest BCUT2D eigenvalue weighted by Crippen LogP contribution is 2.43. The summed E-state index contributed by atoms with van der Waals surface area (Å²) in [6, 6.07) is 6.95. The molecule has 0 unspecified atom stereocenters. The molecule has 0 radical (unpaired) electrons. The first-order valence-electron chi connectivity index (χ1n) is 6.51. The van der Waals surface area contributed by atoms with Gasteiger partial charge in [-0.25, -0.2) is 0 Å². The van der Waals surface area contributed by atoms with Crippen molar-refractivity contribution in [2.24, 2.45) is 5.92 Å². The van der Waals surface area contributed by atoms with Crippen LogP contribution in [0.5, 0.6) is 0 Å². The molecule has 0 aromatic heterocycles. The van der Waals surface area contributed by atoms with Gasteiger partial charge in [0.15, 0.2) is 0 Å². The van der Waals surface area contributed by atoms with E-state index in [1.165, 1.54) is 39.0 Å². The molecule has 1 saturated heterocycles. The molecular formula is C14H18N2. The Labute approximate surface area is 96.6 Å². The van der Waals surface area contributed by atoms with E-state index in [1.54, 1.807) is 16.8 Å². The molecule has 1 N–H and O–H groups in total. The number of hydrogen-bond donors (Lipinski definition) is 1. The van der Waals surface area contributed by atoms with Gasteiger partial charge >= 0.3 is 0 Å². The number of anilines is 1. The third kappa shape index (κ3) is 1.11. The van der Waals surface area contributed by atoms with Crippen molar-refractivity contribution < 1.29 is 0 Å². The summed E-state index contributed by atoms with van der Waals surface area (Å²) in [4.78, 5) is 2.64. The van der Waals surface area contributed by atoms with Gasteiger partial charge in [0.2, 0.25) is 0 Å². The summed E-state index contributed by atoms with van der Waals surface area (Å²) >= 11 is 0. The summed E-state index contributed by atoms with van der Waals surface area (Å²) in [7, 11) is 0. The van der Waals surface area contributed by atoms with E-state index in [4.69, 9.17) is 0 Å². The Bertz CT molecular complexity index is 427. The summed E-state index contributed by atoms with van der Waals surface area (Å²) in [6.45, 7) is 4.95. The van der Waals surface area contributed by atoms with Crippen LogP contribution >= 0.6 is 0 Å². The van der Waals surface area contributed by atoms with Crippen molar-refractivity contribution in [2.75, 3.05) is 31.1 Å². The normalized spacial score (nSPS) is 31.1. The van der Waals surface area contributed by atoms with Gasteiger partial charge in [-0.05, 0) is 29.9 Å². The third-order valence-corrected chi connectivity index (χ3v) is 4.54. The second-order valence-corrected chi connectivity index (χ2v) is 5.43. The van der Waals surface area contributed by atoms with E-state index in [0.29, 0.717) is 0 Å². The molecule has 16 heavy (non-hydrogen) atoms. The SMILES string of the molecule is c1cc2c3c(c1)[C@@H]1CNC[C@@H]1CN3CCC2. The summed E-state index contributed by atoms with van der Waals surface area (Å²) in [5, 5.41) is 3.56. The van der Waals surface area contributed by atoms with Crippen LogP contribution in [0.15, 0.2) is 18.2 Å². The lowest BCUT2D eigenvalue weighted by Gasteiger charge is -2.41. The highest BCUT2D eigenvalue weighted by Gasteiger charge is 2.38. The van der Waals surface area contributed by atoms with E-state index in [2.05, 4.69) is 28.4 Å². The van der Waals surface area contributed by atoms with E-state index in [0.717, 1.165) is 11.8 Å². The molecule has 2 heteroatoms. The van der Waals surface area contributed by atoms with Gasteiger partial charge in [0, 0.05) is 37.8 Å². The number of aryl methyl sites for hydroxylation is 1. The van der Waals surface area contributed by atoms with Crippen molar-refractivity contribution in [2.45, 2.75) is 18.8 Å². The minimum absolute atomic E-state index is 0.782. The Morgan fingerprint density at radius 3 is 3.25 bits per heavy atom. The van der Waals surface area contributed by atoms with Crippen LogP contribution < -0.4 is 10.2 Å². The number of para-hydroxylation sites is 1. The molecule has 0 amide bonds. The Morgan fingerprint density at radius 1 is 1.25 bits per heavy atom. The Kier molecular flexibility index (Phi) is 1.83. The zero-order valence-corrected chi connectivity index (χ0v) is 9.58. The van der Waals surface area contributed by atoms with Crippen LogP contribution in [0.2, 0.25) is 0 Å². The van der Waals surface area contributed by atoms with Crippen LogP contribution in [0.3, 0.4) is 0 Å². The molecular weight excluding hydrogens is 196 g/mol. The molecule has 84 valence electrons. The zero-order chi connectivity index (χ0) is 10.5. The fourth-order valence-electron chi connectivity index (χ4n) is 3.82. The molecule has 2 nitrogen and oxygen atoms in total. The monoisotopic (exact) mass is 214 g/mol. The van der Waals surface area contributed by atoms with Gasteiger partial charge in [-0.1, -0.05) is 18.2 Å². The van der Waals surface area contributed by atoms with Crippen molar-refractivity contribution in [3.05, 3.63) is 29.3 Å². The van der Waals surface area contributed by atoms with E-state index in [1.807, 2.05) is 0 Å². The molecule has 0 bridgehead atoms. The number of fused-ring (bicyclic) bond motifs is 2. The lowest BCUT2D eigenvalue weighted by atomic mass is 9.80. The average molecular weight is 214 g/mol. The third-order valence-electron chi connectivity index (χ3n) is 4.54. The molecule has 3 heterocycles. The second-order valence-electron chi connectivity index (χ2n) is 5.43. The Balaban J connectivity index is 1.90. The van der Waals surface area contributed by atoms with Crippen LogP contribution in [0, 0.1) is 5.92 Å². The first-order chi connectivity index (χ1) is 7.93. The number of rotatable bonds is 0. The van der Waals surface area contributed by atoms with Gasteiger partial charge in [-0.2, -0.15) is 0 Å². The fraction of sp³-hybridized carbons (Fsp3) is 0.571. The van der Waals surface area contributed by atoms with Crippen molar-refractivity contribution in [1.82, 2.24) is 5.32 Å². The minimum atomic E-state index is 0.782.